The normalized spacial score (nSPS) is 17.1. The molecule has 1 fully saturated rings. The van der Waals surface area contributed by atoms with Crippen LogP contribution >= 0.6 is 0 Å². The molecule has 0 heterocycles. The van der Waals surface area contributed by atoms with Crippen LogP contribution in [0.4, 0.5) is 0 Å². The number of hydrogen-bond donors (Lipinski definition) is 1. The molecule has 0 radical (unpaired) electrons. The van der Waals surface area contributed by atoms with Crippen molar-refractivity contribution < 1.29 is 18.5 Å². The van der Waals surface area contributed by atoms with Gasteiger partial charge in [-0.1, -0.05) is 38.3 Å². The first-order valence-corrected chi connectivity index (χ1v) is 9.70. The number of amides is 1. The third kappa shape index (κ3) is 4.89. The molecule has 134 valence electrons. The lowest BCUT2D eigenvalue weighted by Gasteiger charge is -2.31. The van der Waals surface area contributed by atoms with E-state index in [4.69, 9.17) is 4.74 Å². The van der Waals surface area contributed by atoms with Gasteiger partial charge in [0.05, 0.1) is 27.3 Å². The highest BCUT2D eigenvalue weighted by molar-refractivity contribution is 7.85. The SMILES string of the molecule is CC[S@@](=O)c1ccccc1C(=O)OCC(=O)NC1(C#N)CCCCC1. The number of nitrogens with one attached hydrogen (secondary N) is 1. The van der Waals surface area contributed by atoms with Crippen molar-refractivity contribution >= 4 is 22.7 Å². The lowest BCUT2D eigenvalue weighted by molar-refractivity contribution is -0.125. The van der Waals surface area contributed by atoms with Crippen molar-refractivity contribution in [2.75, 3.05) is 12.4 Å². The Morgan fingerprint density at radius 2 is 1.96 bits per heavy atom. The van der Waals surface area contributed by atoms with Gasteiger partial charge in [-0.05, 0) is 25.0 Å². The predicted octanol–water partition coefficient (Wildman–Crippen LogP) is 2.31. The second-order valence-corrected chi connectivity index (χ2v) is 7.72. The molecule has 1 saturated carbocycles. The number of esters is 1. The molecule has 6 nitrogen and oxygen atoms in total. The topological polar surface area (TPSA) is 96.3 Å². The van der Waals surface area contributed by atoms with Crippen LogP contribution in [0.1, 0.15) is 49.4 Å². The standard InChI is InChI=1S/C18H22N2O4S/c1-2-25(23)15-9-5-4-8-14(15)17(22)24-12-16(21)20-18(13-19)10-6-3-7-11-18/h4-5,8-9H,2-3,6-7,10-12H2,1H3,(H,20,21)/t25-/m1/s1. The summed E-state index contributed by atoms with van der Waals surface area (Å²) in [4.78, 5) is 24.7. The summed E-state index contributed by atoms with van der Waals surface area (Å²) in [6.07, 6.45) is 4.07. The van der Waals surface area contributed by atoms with Crippen molar-refractivity contribution in [3.8, 4) is 6.07 Å². The first-order valence-electron chi connectivity index (χ1n) is 8.38. The van der Waals surface area contributed by atoms with E-state index in [0.29, 0.717) is 23.5 Å². The van der Waals surface area contributed by atoms with Gasteiger partial charge in [0.15, 0.2) is 6.61 Å². The van der Waals surface area contributed by atoms with Crippen molar-refractivity contribution in [3.63, 3.8) is 0 Å². The second kappa shape index (κ2) is 8.77. The van der Waals surface area contributed by atoms with E-state index >= 15 is 0 Å². The van der Waals surface area contributed by atoms with Gasteiger partial charge in [-0.2, -0.15) is 5.26 Å². The zero-order valence-corrected chi connectivity index (χ0v) is 15.1. The van der Waals surface area contributed by atoms with Crippen LogP contribution in [-0.2, 0) is 20.3 Å². The fourth-order valence-electron chi connectivity index (χ4n) is 2.92. The lowest BCUT2D eigenvalue weighted by atomic mass is 9.83. The van der Waals surface area contributed by atoms with Crippen LogP contribution in [0.5, 0.6) is 0 Å². The summed E-state index contributed by atoms with van der Waals surface area (Å²) >= 11 is 0. The lowest BCUT2D eigenvalue weighted by Crippen LogP contribution is -2.50. The van der Waals surface area contributed by atoms with Crippen LogP contribution in [0.25, 0.3) is 0 Å². The summed E-state index contributed by atoms with van der Waals surface area (Å²) in [6.45, 7) is 1.30. The summed E-state index contributed by atoms with van der Waals surface area (Å²) in [6, 6.07) is 8.68. The van der Waals surface area contributed by atoms with Crippen LogP contribution in [0.2, 0.25) is 0 Å². The fraction of sp³-hybridized carbons (Fsp3) is 0.500. The molecular formula is C18H22N2O4S. The number of nitriles is 1. The van der Waals surface area contributed by atoms with E-state index in [0.717, 1.165) is 19.3 Å². The van der Waals surface area contributed by atoms with E-state index in [1.54, 1.807) is 25.1 Å². The third-order valence-corrected chi connectivity index (χ3v) is 5.62. The van der Waals surface area contributed by atoms with E-state index in [-0.39, 0.29) is 5.56 Å². The minimum Gasteiger partial charge on any atom is -0.452 e. The molecule has 0 saturated heterocycles. The molecule has 1 aromatic carbocycles. The molecule has 1 amide bonds. The van der Waals surface area contributed by atoms with Crippen molar-refractivity contribution in [1.29, 1.82) is 5.26 Å². The van der Waals surface area contributed by atoms with Crippen LogP contribution < -0.4 is 5.32 Å². The van der Waals surface area contributed by atoms with Gasteiger partial charge in [0.2, 0.25) is 0 Å². The van der Waals surface area contributed by atoms with Crippen molar-refractivity contribution in [3.05, 3.63) is 29.8 Å². The predicted molar refractivity (Wildman–Crippen MR) is 93.2 cm³/mol. The Morgan fingerprint density at radius 1 is 1.28 bits per heavy atom. The Labute approximate surface area is 150 Å². The maximum absolute atomic E-state index is 12.2. The molecule has 25 heavy (non-hydrogen) atoms. The van der Waals surface area contributed by atoms with Crippen LogP contribution in [0.15, 0.2) is 29.2 Å². The number of hydrogen-bond acceptors (Lipinski definition) is 5. The summed E-state index contributed by atoms with van der Waals surface area (Å²) in [7, 11) is -1.30. The fourth-order valence-corrected chi connectivity index (χ4v) is 3.86. The van der Waals surface area contributed by atoms with Gasteiger partial charge in [0, 0.05) is 5.75 Å². The second-order valence-electron chi connectivity index (χ2n) is 6.01. The third-order valence-electron chi connectivity index (χ3n) is 4.25. The molecule has 0 spiro atoms. The molecule has 7 heteroatoms. The average Bonchev–Trinajstić information content (AvgIpc) is 2.66. The van der Waals surface area contributed by atoms with Crippen molar-refractivity contribution in [2.45, 2.75) is 49.5 Å². The highest BCUT2D eigenvalue weighted by atomic mass is 32.2. The number of carbonyl (C=O) groups is 2. The zero-order chi connectivity index (χ0) is 18.3. The van der Waals surface area contributed by atoms with Gasteiger partial charge in [0.25, 0.3) is 5.91 Å². The Balaban J connectivity index is 1.97. The molecule has 0 bridgehead atoms. The Kier molecular flexibility index (Phi) is 6.71. The van der Waals surface area contributed by atoms with Gasteiger partial charge in [0.1, 0.15) is 5.54 Å². The van der Waals surface area contributed by atoms with Gasteiger partial charge >= 0.3 is 5.97 Å². The Bertz CT molecular complexity index is 705. The van der Waals surface area contributed by atoms with E-state index in [9.17, 15) is 19.1 Å². The largest absolute Gasteiger partial charge is 0.452 e. The summed E-state index contributed by atoms with van der Waals surface area (Å²) < 4.78 is 17.1. The number of rotatable bonds is 6. The molecule has 1 aromatic rings. The van der Waals surface area contributed by atoms with E-state index < -0.39 is 34.8 Å². The molecule has 2 rings (SSSR count). The minimum absolute atomic E-state index is 0.197. The summed E-state index contributed by atoms with van der Waals surface area (Å²) in [5.41, 5.74) is -0.660. The molecule has 1 aliphatic rings. The van der Waals surface area contributed by atoms with E-state index in [2.05, 4.69) is 11.4 Å². The Hall–Kier alpha value is -2.20. The minimum atomic E-state index is -1.30. The van der Waals surface area contributed by atoms with Gasteiger partial charge in [-0.25, -0.2) is 4.79 Å². The summed E-state index contributed by atoms with van der Waals surface area (Å²) in [5.74, 6) is -0.803. The number of ether oxygens (including phenoxy) is 1. The van der Waals surface area contributed by atoms with Crippen LogP contribution in [-0.4, -0.2) is 34.0 Å². The zero-order valence-electron chi connectivity index (χ0n) is 14.2. The van der Waals surface area contributed by atoms with Crippen LogP contribution in [0.3, 0.4) is 0 Å². The highest BCUT2D eigenvalue weighted by Crippen LogP contribution is 2.27. The number of nitrogens with zero attached hydrogens (tertiary/aromatic N) is 1. The van der Waals surface area contributed by atoms with Crippen molar-refractivity contribution in [2.24, 2.45) is 0 Å². The molecular weight excluding hydrogens is 340 g/mol. The monoisotopic (exact) mass is 362 g/mol. The maximum Gasteiger partial charge on any atom is 0.339 e. The van der Waals surface area contributed by atoms with Crippen molar-refractivity contribution in [1.82, 2.24) is 5.32 Å². The van der Waals surface area contributed by atoms with Crippen LogP contribution in [0, 0.1) is 11.3 Å². The molecule has 0 aromatic heterocycles. The number of carbonyl (C=O) groups excluding carboxylic acids is 2. The number of benzene rings is 1. The Morgan fingerprint density at radius 3 is 2.60 bits per heavy atom. The van der Waals surface area contributed by atoms with E-state index in [1.165, 1.54) is 6.07 Å². The molecule has 0 unspecified atom stereocenters. The molecule has 1 N–H and O–H groups in total. The first kappa shape index (κ1) is 19.1. The average molecular weight is 362 g/mol. The molecule has 1 aliphatic carbocycles. The maximum atomic E-state index is 12.2. The quantitative estimate of drug-likeness (QED) is 0.784. The highest BCUT2D eigenvalue weighted by Gasteiger charge is 2.33. The van der Waals surface area contributed by atoms with Gasteiger partial charge in [-0.15, -0.1) is 0 Å². The smallest absolute Gasteiger partial charge is 0.339 e. The molecule has 0 aliphatic heterocycles. The van der Waals surface area contributed by atoms with E-state index in [1.807, 2.05) is 0 Å². The van der Waals surface area contributed by atoms with Gasteiger partial charge in [-0.3, -0.25) is 9.00 Å². The summed E-state index contributed by atoms with van der Waals surface area (Å²) in [5, 5.41) is 12.1. The first-order chi connectivity index (χ1) is 12.0. The van der Waals surface area contributed by atoms with Gasteiger partial charge < -0.3 is 10.1 Å². The molecule has 1 atom stereocenters.